The van der Waals surface area contributed by atoms with Crippen LogP contribution >= 0.6 is 0 Å². The van der Waals surface area contributed by atoms with Gasteiger partial charge in [0, 0.05) is 30.2 Å². The molecule has 1 aliphatic heterocycles. The van der Waals surface area contributed by atoms with E-state index in [2.05, 4.69) is 16.3 Å². The molecule has 1 fully saturated rings. The molecule has 28 heavy (non-hydrogen) atoms. The zero-order valence-electron chi connectivity index (χ0n) is 15.8. The first-order valence-electron chi connectivity index (χ1n) is 9.78. The van der Waals surface area contributed by atoms with Crippen molar-refractivity contribution < 1.29 is 4.79 Å². The lowest BCUT2D eigenvalue weighted by atomic mass is 9.96. The molecule has 0 aromatic carbocycles. The normalized spacial score (nSPS) is 21.7. The molecule has 1 unspecified atom stereocenters. The first kappa shape index (κ1) is 18.2. The van der Waals surface area contributed by atoms with E-state index in [9.17, 15) is 4.79 Å². The minimum absolute atomic E-state index is 0.0924. The number of nitrogens with one attached hydrogen (secondary N) is 1. The van der Waals surface area contributed by atoms with E-state index >= 15 is 0 Å². The number of H-pyrrole nitrogens is 1. The van der Waals surface area contributed by atoms with Gasteiger partial charge in [0.2, 0.25) is 0 Å². The highest BCUT2D eigenvalue weighted by molar-refractivity contribution is 5.96. The van der Waals surface area contributed by atoms with Gasteiger partial charge in [0.25, 0.3) is 5.91 Å². The molecule has 0 radical (unpaired) electrons. The standard InChI is InChI=1S/C23H24N4O/c28-23(19-13-8-4-5-9-14-19)27-16-10-15-20(17-27)22-24-21(25-26-22)18-11-6-2-1-3-7-12-18/h1-4,6-9,11-14,20H,5,10,15-17H2,(H,24,25,26). The van der Waals surface area contributed by atoms with Gasteiger partial charge in [-0.2, -0.15) is 5.10 Å². The SMILES string of the molecule is O=C(C1=CC=CCC=C1)N1CCCC(c2nc(C3=CC=CC=CC=C3)n[nH]2)C1. The van der Waals surface area contributed by atoms with Gasteiger partial charge >= 0.3 is 0 Å². The van der Waals surface area contributed by atoms with E-state index in [0.717, 1.165) is 42.8 Å². The van der Waals surface area contributed by atoms with Crippen molar-refractivity contribution in [2.75, 3.05) is 13.1 Å². The minimum atomic E-state index is 0.0924. The molecule has 1 aromatic rings. The zero-order chi connectivity index (χ0) is 19.2. The van der Waals surface area contributed by atoms with Gasteiger partial charge in [-0.3, -0.25) is 9.89 Å². The molecular formula is C23H24N4O. The predicted octanol–water partition coefficient (Wildman–Crippen LogP) is 4.02. The Labute approximate surface area is 165 Å². The Hall–Kier alpha value is -3.21. The van der Waals surface area contributed by atoms with Crippen molar-refractivity contribution in [3.8, 4) is 0 Å². The molecule has 1 aromatic heterocycles. The molecule has 3 aliphatic rings. The van der Waals surface area contributed by atoms with Crippen LogP contribution in [0.1, 0.15) is 36.8 Å². The number of carbonyl (C=O) groups excluding carboxylic acids is 1. The topological polar surface area (TPSA) is 61.9 Å². The van der Waals surface area contributed by atoms with E-state index in [1.807, 2.05) is 71.7 Å². The largest absolute Gasteiger partial charge is 0.338 e. The first-order valence-corrected chi connectivity index (χ1v) is 9.78. The maximum absolute atomic E-state index is 12.9. The van der Waals surface area contributed by atoms with E-state index in [0.29, 0.717) is 12.4 Å². The number of rotatable bonds is 3. The van der Waals surface area contributed by atoms with Crippen LogP contribution in [0.3, 0.4) is 0 Å². The number of hydrogen-bond donors (Lipinski definition) is 1. The zero-order valence-corrected chi connectivity index (χ0v) is 15.8. The number of carbonyl (C=O) groups is 1. The molecule has 142 valence electrons. The van der Waals surface area contributed by atoms with Gasteiger partial charge in [0.05, 0.1) is 0 Å². The van der Waals surface area contributed by atoms with Crippen LogP contribution < -0.4 is 0 Å². The molecule has 5 heteroatoms. The summed E-state index contributed by atoms with van der Waals surface area (Å²) in [5.41, 5.74) is 1.71. The molecule has 2 aliphatic carbocycles. The molecule has 4 rings (SSSR count). The third-order valence-electron chi connectivity index (χ3n) is 5.08. The number of likely N-dealkylation sites (tertiary alicyclic amines) is 1. The monoisotopic (exact) mass is 372 g/mol. The summed E-state index contributed by atoms with van der Waals surface area (Å²) in [6.45, 7) is 1.45. The van der Waals surface area contributed by atoms with Crippen molar-refractivity contribution in [3.63, 3.8) is 0 Å². The summed E-state index contributed by atoms with van der Waals surface area (Å²) in [4.78, 5) is 19.6. The molecule has 1 saturated heterocycles. The lowest BCUT2D eigenvalue weighted by molar-refractivity contribution is -0.128. The maximum atomic E-state index is 12.9. The van der Waals surface area contributed by atoms with Crippen molar-refractivity contribution >= 4 is 11.5 Å². The summed E-state index contributed by atoms with van der Waals surface area (Å²) in [7, 11) is 0. The van der Waals surface area contributed by atoms with Crippen molar-refractivity contribution in [2.24, 2.45) is 0 Å². The third-order valence-corrected chi connectivity index (χ3v) is 5.08. The second-order valence-corrected chi connectivity index (χ2v) is 7.07. The van der Waals surface area contributed by atoms with Gasteiger partial charge in [-0.1, -0.05) is 66.8 Å². The number of hydrogen-bond acceptors (Lipinski definition) is 3. The minimum Gasteiger partial charge on any atom is -0.338 e. The predicted molar refractivity (Wildman–Crippen MR) is 111 cm³/mol. The number of nitrogens with zero attached hydrogens (tertiary/aromatic N) is 3. The molecule has 1 N–H and O–H groups in total. The summed E-state index contributed by atoms with van der Waals surface area (Å²) < 4.78 is 0. The molecule has 0 spiro atoms. The average Bonchev–Trinajstić information content (AvgIpc) is 3.02. The molecule has 1 atom stereocenters. The molecular weight excluding hydrogens is 348 g/mol. The van der Waals surface area contributed by atoms with E-state index in [-0.39, 0.29) is 11.8 Å². The first-order chi connectivity index (χ1) is 13.8. The van der Waals surface area contributed by atoms with Crippen LogP contribution in [0.15, 0.2) is 78.5 Å². The molecule has 2 heterocycles. The smallest absolute Gasteiger partial charge is 0.253 e. The van der Waals surface area contributed by atoms with Crippen LogP contribution in [-0.2, 0) is 4.79 Å². The number of allylic oxidation sites excluding steroid dienone is 12. The van der Waals surface area contributed by atoms with Gasteiger partial charge in [-0.05, 0) is 25.3 Å². The highest BCUT2D eigenvalue weighted by Crippen LogP contribution is 2.27. The van der Waals surface area contributed by atoms with Gasteiger partial charge in [-0.15, -0.1) is 0 Å². The summed E-state index contributed by atoms with van der Waals surface area (Å²) in [6, 6.07) is 0. The molecule has 0 saturated carbocycles. The second-order valence-electron chi connectivity index (χ2n) is 7.07. The number of piperidine rings is 1. The lowest BCUT2D eigenvalue weighted by Gasteiger charge is -2.32. The van der Waals surface area contributed by atoms with E-state index < -0.39 is 0 Å². The Balaban J connectivity index is 1.48. The Morgan fingerprint density at radius 1 is 1.04 bits per heavy atom. The van der Waals surface area contributed by atoms with Crippen LogP contribution in [0, 0.1) is 0 Å². The number of aromatic amines is 1. The van der Waals surface area contributed by atoms with Crippen molar-refractivity contribution in [3.05, 3.63) is 90.1 Å². The van der Waals surface area contributed by atoms with Gasteiger partial charge < -0.3 is 4.90 Å². The summed E-state index contributed by atoms with van der Waals surface area (Å²) in [6.07, 6.45) is 26.6. The highest BCUT2D eigenvalue weighted by Gasteiger charge is 2.28. The fourth-order valence-electron chi connectivity index (χ4n) is 3.59. The maximum Gasteiger partial charge on any atom is 0.253 e. The summed E-state index contributed by atoms with van der Waals surface area (Å²) in [5.74, 6) is 1.82. The average molecular weight is 372 g/mol. The van der Waals surface area contributed by atoms with E-state index in [4.69, 9.17) is 4.98 Å². The van der Waals surface area contributed by atoms with Gasteiger partial charge in [-0.25, -0.2) is 4.98 Å². The summed E-state index contributed by atoms with van der Waals surface area (Å²) in [5, 5.41) is 7.51. The summed E-state index contributed by atoms with van der Waals surface area (Å²) >= 11 is 0. The highest BCUT2D eigenvalue weighted by atomic mass is 16.2. The third kappa shape index (κ3) is 4.19. The van der Waals surface area contributed by atoms with Crippen LogP contribution in [-0.4, -0.2) is 39.1 Å². The van der Waals surface area contributed by atoms with Crippen molar-refractivity contribution in [1.29, 1.82) is 0 Å². The Morgan fingerprint density at radius 2 is 1.93 bits per heavy atom. The van der Waals surface area contributed by atoms with E-state index in [1.54, 1.807) is 0 Å². The lowest BCUT2D eigenvalue weighted by Crippen LogP contribution is -2.39. The fraction of sp³-hybridized carbons (Fsp3) is 0.261. The van der Waals surface area contributed by atoms with Gasteiger partial charge in [0.15, 0.2) is 5.82 Å². The van der Waals surface area contributed by atoms with Crippen LogP contribution in [0.4, 0.5) is 0 Å². The quantitative estimate of drug-likeness (QED) is 0.872. The fourth-order valence-corrected chi connectivity index (χ4v) is 3.59. The van der Waals surface area contributed by atoms with Crippen molar-refractivity contribution in [1.82, 2.24) is 20.1 Å². The molecule has 0 bridgehead atoms. The second kappa shape index (κ2) is 8.65. The van der Waals surface area contributed by atoms with Crippen LogP contribution in [0.25, 0.3) is 5.57 Å². The Bertz CT molecular complexity index is 940. The van der Waals surface area contributed by atoms with Crippen LogP contribution in [0.5, 0.6) is 0 Å². The van der Waals surface area contributed by atoms with Crippen molar-refractivity contribution in [2.45, 2.75) is 25.2 Å². The van der Waals surface area contributed by atoms with Gasteiger partial charge in [0.1, 0.15) is 5.82 Å². The van der Waals surface area contributed by atoms with Crippen LogP contribution in [0.2, 0.25) is 0 Å². The molecule has 5 nitrogen and oxygen atoms in total. The number of amides is 1. The Kier molecular flexibility index (Phi) is 5.61. The number of aromatic nitrogens is 3. The Morgan fingerprint density at radius 3 is 2.89 bits per heavy atom. The van der Waals surface area contributed by atoms with E-state index in [1.165, 1.54) is 0 Å². The molecule has 1 amide bonds.